The number of imidazole rings is 1. The maximum absolute atomic E-state index is 11.1. The lowest BCUT2D eigenvalue weighted by atomic mass is 10.3. The van der Waals surface area contributed by atoms with E-state index < -0.39 is 0 Å². The first-order chi connectivity index (χ1) is 6.24. The van der Waals surface area contributed by atoms with Crippen molar-refractivity contribution in [2.45, 2.75) is 19.5 Å². The van der Waals surface area contributed by atoms with Gasteiger partial charge in [0, 0.05) is 19.4 Å². The van der Waals surface area contributed by atoms with E-state index in [1.165, 1.54) is 0 Å². The van der Waals surface area contributed by atoms with E-state index in [4.69, 9.17) is 0 Å². The number of rotatable bonds is 4. The molecule has 1 aromatic heterocycles. The summed E-state index contributed by atoms with van der Waals surface area (Å²) in [4.78, 5) is 18.0. The lowest BCUT2D eigenvalue weighted by molar-refractivity contribution is -0.122. The zero-order valence-corrected chi connectivity index (χ0v) is 7.79. The molecule has 0 aliphatic rings. The Bertz CT molecular complexity index is 257. The molecule has 1 aromatic rings. The second kappa shape index (κ2) is 4.61. The van der Waals surface area contributed by atoms with E-state index in [9.17, 15) is 4.79 Å². The first-order valence-electron chi connectivity index (χ1n) is 4.17. The average Bonchev–Trinajstić information content (AvgIpc) is 2.65. The first-order valence-corrected chi connectivity index (χ1v) is 4.17. The van der Waals surface area contributed by atoms with Gasteiger partial charge in [-0.15, -0.1) is 0 Å². The summed E-state index contributed by atoms with van der Waals surface area (Å²) in [6, 6.07) is -0.199. The molecule has 1 rings (SSSR count). The number of nitrogens with one attached hydrogen (secondary N) is 3. The van der Waals surface area contributed by atoms with Crippen LogP contribution < -0.4 is 10.6 Å². The van der Waals surface area contributed by atoms with Crippen LogP contribution in [0.5, 0.6) is 0 Å². The molecular weight excluding hydrogens is 168 g/mol. The zero-order chi connectivity index (χ0) is 9.68. The summed E-state index contributed by atoms with van der Waals surface area (Å²) in [7, 11) is 1.62. The molecule has 1 amide bonds. The van der Waals surface area contributed by atoms with Crippen molar-refractivity contribution in [1.29, 1.82) is 0 Å². The van der Waals surface area contributed by atoms with Gasteiger partial charge < -0.3 is 10.3 Å². The quantitative estimate of drug-likeness (QED) is 0.595. The SMILES string of the molecule is CNC(=O)C(C)NCc1ncc[nH]1. The third-order valence-electron chi connectivity index (χ3n) is 1.77. The highest BCUT2D eigenvalue weighted by Gasteiger charge is 2.09. The van der Waals surface area contributed by atoms with Gasteiger partial charge in [-0.1, -0.05) is 0 Å². The van der Waals surface area contributed by atoms with E-state index >= 15 is 0 Å². The summed E-state index contributed by atoms with van der Waals surface area (Å²) in [5.41, 5.74) is 0. The van der Waals surface area contributed by atoms with Crippen LogP contribution in [0.3, 0.4) is 0 Å². The minimum atomic E-state index is -0.199. The highest BCUT2D eigenvalue weighted by Crippen LogP contribution is 1.89. The minimum absolute atomic E-state index is 0.0217. The van der Waals surface area contributed by atoms with Crippen LogP contribution in [0, 0.1) is 0 Å². The average molecular weight is 182 g/mol. The molecule has 0 spiro atoms. The molecule has 1 heterocycles. The molecule has 1 atom stereocenters. The fourth-order valence-electron chi connectivity index (χ4n) is 0.954. The predicted molar refractivity (Wildman–Crippen MR) is 49.0 cm³/mol. The lowest BCUT2D eigenvalue weighted by Crippen LogP contribution is -2.40. The monoisotopic (exact) mass is 182 g/mol. The topological polar surface area (TPSA) is 69.8 Å². The van der Waals surface area contributed by atoms with Gasteiger partial charge in [-0.05, 0) is 6.92 Å². The predicted octanol–water partition coefficient (Wildman–Crippen LogP) is -0.366. The summed E-state index contributed by atoms with van der Waals surface area (Å²) < 4.78 is 0. The normalized spacial score (nSPS) is 12.5. The largest absolute Gasteiger partial charge is 0.358 e. The van der Waals surface area contributed by atoms with E-state index in [2.05, 4.69) is 20.6 Å². The van der Waals surface area contributed by atoms with Crippen molar-refractivity contribution in [1.82, 2.24) is 20.6 Å². The van der Waals surface area contributed by atoms with Gasteiger partial charge in [0.2, 0.25) is 5.91 Å². The van der Waals surface area contributed by atoms with Gasteiger partial charge in [0.25, 0.3) is 0 Å². The highest BCUT2D eigenvalue weighted by molar-refractivity contribution is 5.80. The van der Waals surface area contributed by atoms with Gasteiger partial charge in [0.15, 0.2) is 0 Å². The fourth-order valence-corrected chi connectivity index (χ4v) is 0.954. The van der Waals surface area contributed by atoms with Crippen LogP contribution in [-0.2, 0) is 11.3 Å². The number of carbonyl (C=O) groups excluding carboxylic acids is 1. The van der Waals surface area contributed by atoms with Crippen molar-refractivity contribution in [2.24, 2.45) is 0 Å². The number of aromatic nitrogens is 2. The van der Waals surface area contributed by atoms with Crippen LogP contribution in [0.2, 0.25) is 0 Å². The van der Waals surface area contributed by atoms with Crippen molar-refractivity contribution >= 4 is 5.91 Å². The van der Waals surface area contributed by atoms with E-state index in [-0.39, 0.29) is 11.9 Å². The van der Waals surface area contributed by atoms with Gasteiger partial charge in [0.1, 0.15) is 5.82 Å². The Labute approximate surface area is 76.9 Å². The molecule has 5 nitrogen and oxygen atoms in total. The fraction of sp³-hybridized carbons (Fsp3) is 0.500. The third-order valence-corrected chi connectivity index (χ3v) is 1.77. The van der Waals surface area contributed by atoms with Crippen molar-refractivity contribution < 1.29 is 4.79 Å². The molecule has 3 N–H and O–H groups in total. The molecule has 0 saturated heterocycles. The molecule has 72 valence electrons. The van der Waals surface area contributed by atoms with E-state index in [0.717, 1.165) is 5.82 Å². The van der Waals surface area contributed by atoms with Crippen molar-refractivity contribution in [3.63, 3.8) is 0 Å². The molecule has 0 aliphatic heterocycles. The van der Waals surface area contributed by atoms with Gasteiger partial charge in [0.05, 0.1) is 12.6 Å². The van der Waals surface area contributed by atoms with Crippen molar-refractivity contribution in [3.8, 4) is 0 Å². The summed E-state index contributed by atoms with van der Waals surface area (Å²) in [5, 5.41) is 5.59. The minimum Gasteiger partial charge on any atom is -0.358 e. The number of likely N-dealkylation sites (N-methyl/N-ethyl adjacent to an activating group) is 1. The summed E-state index contributed by atoms with van der Waals surface area (Å²) >= 11 is 0. The summed E-state index contributed by atoms with van der Waals surface area (Å²) in [6.07, 6.45) is 3.43. The molecule has 0 aromatic carbocycles. The Kier molecular flexibility index (Phi) is 3.45. The lowest BCUT2D eigenvalue weighted by Gasteiger charge is -2.10. The molecule has 0 fully saturated rings. The number of aromatic amines is 1. The van der Waals surface area contributed by atoms with E-state index in [1.54, 1.807) is 19.4 Å². The van der Waals surface area contributed by atoms with E-state index in [0.29, 0.717) is 6.54 Å². The maximum atomic E-state index is 11.1. The number of hydrogen-bond acceptors (Lipinski definition) is 3. The highest BCUT2D eigenvalue weighted by atomic mass is 16.2. The van der Waals surface area contributed by atoms with Crippen molar-refractivity contribution in [3.05, 3.63) is 18.2 Å². The smallest absolute Gasteiger partial charge is 0.236 e. The Balaban J connectivity index is 2.30. The molecule has 5 heteroatoms. The van der Waals surface area contributed by atoms with Crippen LogP contribution in [0.15, 0.2) is 12.4 Å². The molecule has 1 unspecified atom stereocenters. The molecular formula is C8H14N4O. The second-order valence-corrected chi connectivity index (χ2v) is 2.75. The maximum Gasteiger partial charge on any atom is 0.236 e. The van der Waals surface area contributed by atoms with Crippen molar-refractivity contribution in [2.75, 3.05) is 7.05 Å². The number of carbonyl (C=O) groups is 1. The van der Waals surface area contributed by atoms with Gasteiger partial charge in [-0.2, -0.15) is 0 Å². The molecule has 0 radical (unpaired) electrons. The molecule has 0 aliphatic carbocycles. The van der Waals surface area contributed by atoms with Gasteiger partial charge >= 0.3 is 0 Å². The second-order valence-electron chi connectivity index (χ2n) is 2.75. The Morgan fingerprint density at radius 1 is 1.77 bits per heavy atom. The molecule has 0 bridgehead atoms. The van der Waals surface area contributed by atoms with Crippen LogP contribution in [0.1, 0.15) is 12.7 Å². The summed E-state index contributed by atoms with van der Waals surface area (Å²) in [5.74, 6) is 0.808. The Hall–Kier alpha value is -1.36. The van der Waals surface area contributed by atoms with Crippen LogP contribution in [0.25, 0.3) is 0 Å². The van der Waals surface area contributed by atoms with Crippen LogP contribution in [0.4, 0.5) is 0 Å². The standard InChI is InChI=1S/C8H14N4O/c1-6(8(13)9-2)12-5-7-10-3-4-11-7/h3-4,6,12H,5H2,1-2H3,(H,9,13)(H,10,11). The Morgan fingerprint density at radius 2 is 2.54 bits per heavy atom. The molecule has 0 saturated carbocycles. The van der Waals surface area contributed by atoms with Crippen LogP contribution >= 0.6 is 0 Å². The van der Waals surface area contributed by atoms with E-state index in [1.807, 2.05) is 6.92 Å². The van der Waals surface area contributed by atoms with Gasteiger partial charge in [-0.25, -0.2) is 4.98 Å². The number of hydrogen-bond donors (Lipinski definition) is 3. The molecule has 13 heavy (non-hydrogen) atoms. The zero-order valence-electron chi connectivity index (χ0n) is 7.79. The Morgan fingerprint density at radius 3 is 3.08 bits per heavy atom. The number of amides is 1. The number of H-pyrrole nitrogens is 1. The first kappa shape index (κ1) is 9.73. The van der Waals surface area contributed by atoms with Crippen LogP contribution in [-0.4, -0.2) is 29.0 Å². The summed E-state index contributed by atoms with van der Waals surface area (Å²) in [6.45, 7) is 2.38. The van der Waals surface area contributed by atoms with Gasteiger partial charge in [-0.3, -0.25) is 10.1 Å². The number of nitrogens with zero attached hydrogens (tertiary/aromatic N) is 1. The third kappa shape index (κ3) is 2.87.